The average molecular weight is 441 g/mol. The van der Waals surface area contributed by atoms with Gasteiger partial charge in [0, 0.05) is 17.9 Å². The molecule has 1 heterocycles. The molecule has 2 aromatic rings. The number of para-hydroxylation sites is 1. The van der Waals surface area contributed by atoms with E-state index in [-0.39, 0.29) is 24.0 Å². The van der Waals surface area contributed by atoms with Gasteiger partial charge in [-0.1, -0.05) is 32.0 Å². The Bertz CT molecular complexity index is 641. The Balaban J connectivity index is 0.00000288. The SMILES string of the molecule is CCc1cccc(CC)c1NC(N)=NCCCc1cn[nH]c1C.I. The van der Waals surface area contributed by atoms with Crippen molar-refractivity contribution in [1.82, 2.24) is 10.2 Å². The first-order valence-electron chi connectivity index (χ1n) is 8.32. The number of nitrogens with two attached hydrogens (primary N) is 1. The molecule has 1 aromatic heterocycles. The summed E-state index contributed by atoms with van der Waals surface area (Å²) in [5.41, 5.74) is 12.1. The van der Waals surface area contributed by atoms with E-state index in [1.807, 2.05) is 13.1 Å². The molecular weight excluding hydrogens is 413 g/mol. The Labute approximate surface area is 161 Å². The van der Waals surface area contributed by atoms with E-state index in [1.165, 1.54) is 16.7 Å². The first-order chi connectivity index (χ1) is 11.2. The summed E-state index contributed by atoms with van der Waals surface area (Å²) in [6, 6.07) is 6.37. The maximum Gasteiger partial charge on any atom is 0.193 e. The standard InChI is InChI=1S/C18H27N5.HI/c1-4-14-8-6-9-15(5-2)17(14)22-18(19)20-11-7-10-16-12-21-23-13(16)3;/h6,8-9,12H,4-5,7,10-11H2,1-3H3,(H,21,23)(H3,19,20,22);1H. The summed E-state index contributed by atoms with van der Waals surface area (Å²) in [7, 11) is 0. The van der Waals surface area contributed by atoms with E-state index in [2.05, 4.69) is 52.6 Å². The van der Waals surface area contributed by atoms with Crippen molar-refractivity contribution in [3.05, 3.63) is 46.8 Å². The number of nitrogens with one attached hydrogen (secondary N) is 2. The third-order valence-corrected chi connectivity index (χ3v) is 4.07. The number of aryl methyl sites for hydroxylation is 4. The number of aromatic nitrogens is 2. The normalized spacial score (nSPS) is 11.2. The number of anilines is 1. The van der Waals surface area contributed by atoms with E-state index in [9.17, 15) is 0 Å². The Hall–Kier alpha value is -1.57. The number of hydrogen-bond acceptors (Lipinski definition) is 2. The molecule has 132 valence electrons. The maximum absolute atomic E-state index is 6.06. The van der Waals surface area contributed by atoms with Crippen LogP contribution in [0.4, 0.5) is 5.69 Å². The highest BCUT2D eigenvalue weighted by Crippen LogP contribution is 2.22. The first kappa shape index (κ1) is 20.5. The van der Waals surface area contributed by atoms with Gasteiger partial charge in [-0.2, -0.15) is 5.10 Å². The summed E-state index contributed by atoms with van der Waals surface area (Å²) in [6.07, 6.45) is 5.75. The Kier molecular flexibility index (Phi) is 8.81. The van der Waals surface area contributed by atoms with E-state index in [0.29, 0.717) is 12.5 Å². The quantitative estimate of drug-likeness (QED) is 0.265. The van der Waals surface area contributed by atoms with Crippen molar-refractivity contribution in [2.45, 2.75) is 46.5 Å². The van der Waals surface area contributed by atoms with Crippen LogP contribution < -0.4 is 11.1 Å². The lowest BCUT2D eigenvalue weighted by atomic mass is 10.0. The molecule has 0 saturated carbocycles. The fourth-order valence-electron chi connectivity index (χ4n) is 2.67. The third-order valence-electron chi connectivity index (χ3n) is 4.07. The van der Waals surface area contributed by atoms with Crippen LogP contribution >= 0.6 is 24.0 Å². The highest BCUT2D eigenvalue weighted by molar-refractivity contribution is 14.0. The largest absolute Gasteiger partial charge is 0.370 e. The number of halogens is 1. The monoisotopic (exact) mass is 441 g/mol. The molecule has 0 fully saturated rings. The summed E-state index contributed by atoms with van der Waals surface area (Å²) in [5, 5.41) is 10.3. The number of H-pyrrole nitrogens is 1. The van der Waals surface area contributed by atoms with Crippen LogP contribution in [-0.2, 0) is 19.3 Å². The molecule has 0 aliphatic rings. The maximum atomic E-state index is 6.06. The molecule has 0 aliphatic heterocycles. The predicted molar refractivity (Wildman–Crippen MR) is 112 cm³/mol. The number of aromatic amines is 1. The van der Waals surface area contributed by atoms with Crippen LogP contribution in [0.15, 0.2) is 29.4 Å². The topological polar surface area (TPSA) is 79.1 Å². The number of aliphatic imine (C=N–C) groups is 1. The van der Waals surface area contributed by atoms with E-state index in [1.54, 1.807) is 0 Å². The van der Waals surface area contributed by atoms with Gasteiger partial charge in [-0.25, -0.2) is 0 Å². The van der Waals surface area contributed by atoms with Gasteiger partial charge < -0.3 is 11.1 Å². The summed E-state index contributed by atoms with van der Waals surface area (Å²) in [5.74, 6) is 0.490. The van der Waals surface area contributed by atoms with Crippen molar-refractivity contribution < 1.29 is 0 Å². The van der Waals surface area contributed by atoms with Gasteiger partial charge in [-0.05, 0) is 49.3 Å². The van der Waals surface area contributed by atoms with Gasteiger partial charge in [0.05, 0.1) is 6.20 Å². The third kappa shape index (κ3) is 5.51. The summed E-state index contributed by atoms with van der Waals surface area (Å²) >= 11 is 0. The number of benzene rings is 1. The fourth-order valence-corrected chi connectivity index (χ4v) is 2.67. The van der Waals surface area contributed by atoms with Crippen molar-refractivity contribution in [3.63, 3.8) is 0 Å². The van der Waals surface area contributed by atoms with Gasteiger partial charge in [-0.3, -0.25) is 10.1 Å². The number of nitrogens with zero attached hydrogens (tertiary/aromatic N) is 2. The van der Waals surface area contributed by atoms with Crippen LogP contribution in [0.3, 0.4) is 0 Å². The number of hydrogen-bond donors (Lipinski definition) is 3. The fraction of sp³-hybridized carbons (Fsp3) is 0.444. The highest BCUT2D eigenvalue weighted by atomic mass is 127. The molecule has 0 unspecified atom stereocenters. The summed E-state index contributed by atoms with van der Waals surface area (Å²) in [4.78, 5) is 4.45. The zero-order valence-corrected chi connectivity index (χ0v) is 17.1. The van der Waals surface area contributed by atoms with E-state index >= 15 is 0 Å². The minimum absolute atomic E-state index is 0. The van der Waals surface area contributed by atoms with E-state index < -0.39 is 0 Å². The highest BCUT2D eigenvalue weighted by Gasteiger charge is 2.07. The molecule has 0 atom stereocenters. The van der Waals surface area contributed by atoms with Crippen LogP contribution in [0.1, 0.15) is 42.7 Å². The lowest BCUT2D eigenvalue weighted by Crippen LogP contribution is -2.24. The van der Waals surface area contributed by atoms with Gasteiger partial charge >= 0.3 is 0 Å². The van der Waals surface area contributed by atoms with Gasteiger partial charge in [0.15, 0.2) is 5.96 Å². The van der Waals surface area contributed by atoms with Crippen LogP contribution in [-0.4, -0.2) is 22.7 Å². The van der Waals surface area contributed by atoms with Gasteiger partial charge in [-0.15, -0.1) is 24.0 Å². The van der Waals surface area contributed by atoms with Crippen LogP contribution in [0.5, 0.6) is 0 Å². The van der Waals surface area contributed by atoms with Crippen molar-refractivity contribution in [3.8, 4) is 0 Å². The van der Waals surface area contributed by atoms with Crippen molar-refractivity contribution >= 4 is 35.6 Å². The Morgan fingerprint density at radius 1 is 1.21 bits per heavy atom. The van der Waals surface area contributed by atoms with Crippen LogP contribution in [0, 0.1) is 6.92 Å². The molecule has 1 aromatic carbocycles. The molecular formula is C18H28IN5. The minimum atomic E-state index is 0. The molecule has 0 aliphatic carbocycles. The first-order valence-corrected chi connectivity index (χ1v) is 8.32. The Morgan fingerprint density at radius 3 is 2.42 bits per heavy atom. The number of rotatable bonds is 7. The molecule has 0 amide bonds. The smallest absolute Gasteiger partial charge is 0.193 e. The second-order valence-electron chi connectivity index (χ2n) is 5.67. The molecule has 0 spiro atoms. The molecule has 5 nitrogen and oxygen atoms in total. The van der Waals surface area contributed by atoms with Crippen LogP contribution in [0.2, 0.25) is 0 Å². The predicted octanol–water partition coefficient (Wildman–Crippen LogP) is 3.82. The van der Waals surface area contributed by atoms with Gasteiger partial charge in [0.1, 0.15) is 0 Å². The zero-order valence-electron chi connectivity index (χ0n) is 14.7. The zero-order chi connectivity index (χ0) is 16.7. The van der Waals surface area contributed by atoms with Crippen molar-refractivity contribution in [2.75, 3.05) is 11.9 Å². The molecule has 0 saturated heterocycles. The summed E-state index contributed by atoms with van der Waals surface area (Å²) < 4.78 is 0. The molecule has 0 radical (unpaired) electrons. The summed E-state index contributed by atoms with van der Waals surface area (Å²) in [6.45, 7) is 7.05. The second kappa shape index (κ2) is 10.3. The second-order valence-corrected chi connectivity index (χ2v) is 5.67. The molecule has 24 heavy (non-hydrogen) atoms. The molecule has 2 rings (SSSR count). The van der Waals surface area contributed by atoms with Crippen molar-refractivity contribution in [1.29, 1.82) is 0 Å². The number of guanidine groups is 1. The van der Waals surface area contributed by atoms with E-state index in [0.717, 1.165) is 37.1 Å². The Morgan fingerprint density at radius 2 is 1.88 bits per heavy atom. The van der Waals surface area contributed by atoms with Gasteiger partial charge in [0.2, 0.25) is 0 Å². The lowest BCUT2D eigenvalue weighted by molar-refractivity contribution is 0.827. The molecule has 6 heteroatoms. The molecule has 4 N–H and O–H groups in total. The van der Waals surface area contributed by atoms with E-state index in [4.69, 9.17) is 5.73 Å². The average Bonchev–Trinajstić information content (AvgIpc) is 2.97. The minimum Gasteiger partial charge on any atom is -0.370 e. The van der Waals surface area contributed by atoms with Crippen molar-refractivity contribution in [2.24, 2.45) is 10.7 Å². The molecule has 0 bridgehead atoms. The van der Waals surface area contributed by atoms with Gasteiger partial charge in [0.25, 0.3) is 0 Å². The van der Waals surface area contributed by atoms with Crippen LogP contribution in [0.25, 0.3) is 0 Å². The lowest BCUT2D eigenvalue weighted by Gasteiger charge is -2.14.